The van der Waals surface area contributed by atoms with Crippen LogP contribution in [-0.4, -0.2) is 52.3 Å². The van der Waals surface area contributed by atoms with Crippen LogP contribution < -0.4 is 10.9 Å². The SMILES string of the molecule is Cc1cc(C(C)Nc2ccc(Cl)nc2-c2cnn3c2CN(C(=O)OC(C)(C)C)CC3)c2c(c1)c(=O)n1c3c2cnn3CCC1. The number of nitrogens with zero attached hydrogens (tertiary/aromatic N) is 7. The van der Waals surface area contributed by atoms with Gasteiger partial charge in [-0.1, -0.05) is 17.7 Å². The molecule has 2 aliphatic rings. The highest BCUT2D eigenvalue weighted by Crippen LogP contribution is 2.37. The molecule has 4 aromatic heterocycles. The third-order valence-corrected chi connectivity index (χ3v) is 8.57. The number of anilines is 1. The topological polar surface area (TPSA) is 112 Å². The molecule has 1 atom stereocenters. The van der Waals surface area contributed by atoms with Crippen molar-refractivity contribution in [2.24, 2.45) is 0 Å². The Balaban J connectivity index is 1.28. The molecule has 12 heteroatoms. The number of carbonyl (C=O) groups is 1. The van der Waals surface area contributed by atoms with Crippen LogP contribution in [0.2, 0.25) is 5.15 Å². The van der Waals surface area contributed by atoms with Gasteiger partial charge in [-0.3, -0.25) is 14.0 Å². The Hall–Kier alpha value is -4.38. The van der Waals surface area contributed by atoms with E-state index >= 15 is 0 Å². The number of rotatable bonds is 4. The van der Waals surface area contributed by atoms with Crippen molar-refractivity contribution in [3.05, 3.63) is 69.0 Å². The third-order valence-electron chi connectivity index (χ3n) is 8.35. The number of amides is 1. The van der Waals surface area contributed by atoms with E-state index in [1.54, 1.807) is 17.2 Å². The van der Waals surface area contributed by atoms with Crippen LogP contribution in [0.25, 0.3) is 33.1 Å². The van der Waals surface area contributed by atoms with Crippen LogP contribution in [0.4, 0.5) is 10.5 Å². The zero-order valence-electron chi connectivity index (χ0n) is 25.5. The lowest BCUT2D eigenvalue weighted by Gasteiger charge is -2.31. The van der Waals surface area contributed by atoms with Gasteiger partial charge in [-0.25, -0.2) is 14.5 Å². The minimum absolute atomic E-state index is 0.0148. The average Bonchev–Trinajstić information content (AvgIpc) is 3.60. The second-order valence-electron chi connectivity index (χ2n) is 12.7. The van der Waals surface area contributed by atoms with Crippen LogP contribution in [0.1, 0.15) is 57.0 Å². The molecule has 6 heterocycles. The summed E-state index contributed by atoms with van der Waals surface area (Å²) >= 11 is 6.44. The maximum absolute atomic E-state index is 13.7. The first-order valence-electron chi connectivity index (χ1n) is 15.0. The minimum Gasteiger partial charge on any atom is -0.444 e. The molecular formula is C32H35ClN8O3. The molecule has 0 bridgehead atoms. The lowest BCUT2D eigenvalue weighted by Crippen LogP contribution is -2.41. The molecule has 1 unspecified atom stereocenters. The average molecular weight is 615 g/mol. The standard InChI is InChI=1S/C32H35ClN8O3/c1-18-13-20(27-21(14-18)30(42)39-9-6-10-41-29(39)23(27)16-35-41)19(2)36-24-7-8-26(33)37-28(24)22-15-34-40-12-11-38(17-25(22)40)31(43)44-32(3,4)5/h7-8,13-16,19,36H,6,9-12,17H2,1-5H3. The van der Waals surface area contributed by atoms with Crippen LogP contribution in [0.3, 0.4) is 0 Å². The molecule has 0 radical (unpaired) electrons. The number of aryl methyl sites for hydroxylation is 3. The van der Waals surface area contributed by atoms with Crippen LogP contribution >= 0.6 is 11.6 Å². The highest BCUT2D eigenvalue weighted by Gasteiger charge is 2.30. The van der Waals surface area contributed by atoms with Gasteiger partial charge in [0.05, 0.1) is 42.6 Å². The molecule has 0 spiro atoms. The normalized spacial score (nSPS) is 15.5. The van der Waals surface area contributed by atoms with Gasteiger partial charge < -0.3 is 15.0 Å². The Bertz CT molecular complexity index is 2020. The Morgan fingerprint density at radius 3 is 2.64 bits per heavy atom. The number of carbonyl (C=O) groups excluding carboxylic acids is 1. The second-order valence-corrected chi connectivity index (χ2v) is 13.1. The van der Waals surface area contributed by atoms with Crippen LogP contribution in [0, 0.1) is 6.92 Å². The summed E-state index contributed by atoms with van der Waals surface area (Å²) in [6, 6.07) is 7.58. The van der Waals surface area contributed by atoms with Crippen molar-refractivity contribution in [3.63, 3.8) is 0 Å². The van der Waals surface area contributed by atoms with Crippen molar-refractivity contribution in [1.82, 2.24) is 34.0 Å². The largest absolute Gasteiger partial charge is 0.444 e. The smallest absolute Gasteiger partial charge is 0.410 e. The Morgan fingerprint density at radius 2 is 1.84 bits per heavy atom. The molecule has 1 N–H and O–H groups in total. The first-order chi connectivity index (χ1) is 21.0. The summed E-state index contributed by atoms with van der Waals surface area (Å²) in [5.41, 5.74) is 5.37. The number of hydrogen-bond acceptors (Lipinski definition) is 7. The highest BCUT2D eigenvalue weighted by molar-refractivity contribution is 6.29. The number of benzene rings is 1. The summed E-state index contributed by atoms with van der Waals surface area (Å²) in [5, 5.41) is 15.8. The molecule has 7 rings (SSSR count). The van der Waals surface area contributed by atoms with Gasteiger partial charge in [-0.05, 0) is 70.4 Å². The van der Waals surface area contributed by atoms with E-state index in [1.807, 2.05) is 60.0 Å². The summed E-state index contributed by atoms with van der Waals surface area (Å²) in [7, 11) is 0. The van der Waals surface area contributed by atoms with Crippen molar-refractivity contribution < 1.29 is 9.53 Å². The van der Waals surface area contributed by atoms with Crippen molar-refractivity contribution in [3.8, 4) is 11.3 Å². The maximum Gasteiger partial charge on any atom is 0.410 e. The number of nitrogens with one attached hydrogen (secondary N) is 1. The number of pyridine rings is 2. The molecule has 1 aromatic carbocycles. The van der Waals surface area contributed by atoms with Gasteiger partial charge in [0.1, 0.15) is 16.4 Å². The molecular weight excluding hydrogens is 580 g/mol. The summed E-state index contributed by atoms with van der Waals surface area (Å²) in [6.45, 7) is 12.5. The highest BCUT2D eigenvalue weighted by atomic mass is 35.5. The van der Waals surface area contributed by atoms with Crippen LogP contribution in [-0.2, 0) is 30.9 Å². The van der Waals surface area contributed by atoms with Crippen LogP contribution in [0.15, 0.2) is 41.5 Å². The Morgan fingerprint density at radius 1 is 1.05 bits per heavy atom. The van der Waals surface area contributed by atoms with Crippen molar-refractivity contribution in [1.29, 1.82) is 0 Å². The first kappa shape index (κ1) is 28.4. The number of fused-ring (bicyclic) bond motifs is 3. The van der Waals surface area contributed by atoms with E-state index in [2.05, 4.69) is 28.5 Å². The number of hydrogen-bond donors (Lipinski definition) is 1. The van der Waals surface area contributed by atoms with E-state index in [0.717, 1.165) is 57.5 Å². The summed E-state index contributed by atoms with van der Waals surface area (Å²) in [4.78, 5) is 33.0. The molecule has 11 nitrogen and oxygen atoms in total. The van der Waals surface area contributed by atoms with E-state index < -0.39 is 5.60 Å². The van der Waals surface area contributed by atoms with Gasteiger partial charge in [0.15, 0.2) is 0 Å². The summed E-state index contributed by atoms with van der Waals surface area (Å²) < 4.78 is 11.3. The maximum atomic E-state index is 13.7. The molecule has 44 heavy (non-hydrogen) atoms. The number of ether oxygens (including phenoxy) is 1. The third kappa shape index (κ3) is 4.79. The lowest BCUT2D eigenvalue weighted by molar-refractivity contribution is 0.0195. The molecule has 2 aliphatic heterocycles. The molecule has 228 valence electrons. The van der Waals surface area contributed by atoms with Crippen molar-refractivity contribution in [2.45, 2.75) is 78.9 Å². The second kappa shape index (κ2) is 10.4. The van der Waals surface area contributed by atoms with Gasteiger partial charge in [0.25, 0.3) is 5.56 Å². The monoisotopic (exact) mass is 614 g/mol. The van der Waals surface area contributed by atoms with Crippen LogP contribution in [0.5, 0.6) is 0 Å². The van der Waals surface area contributed by atoms with E-state index in [4.69, 9.17) is 21.3 Å². The fraction of sp³-hybridized carbons (Fsp3) is 0.406. The fourth-order valence-corrected chi connectivity index (χ4v) is 6.60. The molecule has 5 aromatic rings. The predicted molar refractivity (Wildman–Crippen MR) is 170 cm³/mol. The zero-order chi connectivity index (χ0) is 30.9. The summed E-state index contributed by atoms with van der Waals surface area (Å²) in [6.07, 6.45) is 4.19. The molecule has 0 saturated carbocycles. The number of halogens is 1. The number of aromatic nitrogens is 6. The Kier molecular flexibility index (Phi) is 6.69. The van der Waals surface area contributed by atoms with E-state index in [9.17, 15) is 9.59 Å². The van der Waals surface area contributed by atoms with Crippen molar-refractivity contribution in [2.75, 3.05) is 11.9 Å². The van der Waals surface area contributed by atoms with E-state index in [0.29, 0.717) is 42.4 Å². The first-order valence-corrected chi connectivity index (χ1v) is 15.3. The van der Waals surface area contributed by atoms with E-state index in [-0.39, 0.29) is 17.7 Å². The molecule has 0 fully saturated rings. The van der Waals surface area contributed by atoms with Gasteiger partial charge in [0.2, 0.25) is 0 Å². The Labute approximate surface area is 259 Å². The van der Waals surface area contributed by atoms with Gasteiger partial charge in [-0.15, -0.1) is 0 Å². The zero-order valence-corrected chi connectivity index (χ0v) is 26.3. The van der Waals surface area contributed by atoms with Gasteiger partial charge in [-0.2, -0.15) is 10.2 Å². The molecule has 1 amide bonds. The van der Waals surface area contributed by atoms with Crippen molar-refractivity contribution >= 4 is 45.2 Å². The fourth-order valence-electron chi connectivity index (χ4n) is 6.45. The van der Waals surface area contributed by atoms with Gasteiger partial charge >= 0.3 is 6.09 Å². The molecule has 0 aliphatic carbocycles. The lowest BCUT2D eigenvalue weighted by atomic mass is 9.95. The van der Waals surface area contributed by atoms with E-state index in [1.165, 1.54) is 0 Å². The summed E-state index contributed by atoms with van der Waals surface area (Å²) in [5.74, 6) is 0. The van der Waals surface area contributed by atoms with Gasteiger partial charge in [0, 0.05) is 47.4 Å². The predicted octanol–water partition coefficient (Wildman–Crippen LogP) is 5.90. The quantitative estimate of drug-likeness (QED) is 0.251. The minimum atomic E-state index is -0.590. The molecule has 0 saturated heterocycles.